The number of benzene rings is 1. The number of nitrogens with two attached hydrogens (primary N) is 1. The lowest BCUT2D eigenvalue weighted by Gasteiger charge is -2.17. The number of anilines is 1. The fraction of sp³-hybridized carbons (Fsp3) is 0.500. The number of carbonyl (C=O) groups is 1. The average molecular weight is 298 g/mol. The van der Waals surface area contributed by atoms with Gasteiger partial charge in [-0.2, -0.15) is 0 Å². The predicted octanol–water partition coefficient (Wildman–Crippen LogP) is 1.51. The maximum Gasteiger partial charge on any atom is 0.235 e. The molecule has 6 heteroatoms. The largest absolute Gasteiger partial charge is 0.398 e. The van der Waals surface area contributed by atoms with Crippen LogP contribution in [0, 0.1) is 12.8 Å². The quantitative estimate of drug-likeness (QED) is 0.806. The van der Waals surface area contributed by atoms with E-state index >= 15 is 0 Å². The number of rotatable bonds is 5. The lowest BCUT2D eigenvalue weighted by molar-refractivity contribution is -0.119. The minimum atomic E-state index is -3.72. The number of nitrogen functional groups attached to an aromatic ring is 1. The summed E-state index contributed by atoms with van der Waals surface area (Å²) in [4.78, 5) is 11.8. The standard InChI is InChI=1S/C14H22N2O3S/c1-9(2)11(4)16-14(17)8-20(18,19)13-6-5-10(3)7-12(13)15/h5-7,9,11H,8,15H2,1-4H3,(H,16,17). The molecule has 0 spiro atoms. The van der Waals surface area contributed by atoms with E-state index in [-0.39, 0.29) is 22.5 Å². The molecular weight excluding hydrogens is 276 g/mol. The van der Waals surface area contributed by atoms with Gasteiger partial charge >= 0.3 is 0 Å². The monoisotopic (exact) mass is 298 g/mol. The molecule has 0 saturated heterocycles. The third-order valence-electron chi connectivity index (χ3n) is 3.21. The van der Waals surface area contributed by atoms with Crippen molar-refractivity contribution in [1.29, 1.82) is 0 Å². The average Bonchev–Trinajstić information content (AvgIpc) is 2.26. The van der Waals surface area contributed by atoms with Crippen molar-refractivity contribution in [1.82, 2.24) is 5.32 Å². The maximum atomic E-state index is 12.2. The molecule has 1 rings (SSSR count). The topological polar surface area (TPSA) is 89.3 Å². The first-order valence-corrected chi connectivity index (χ1v) is 8.17. The van der Waals surface area contributed by atoms with E-state index < -0.39 is 21.5 Å². The molecule has 0 heterocycles. The molecule has 0 aliphatic heterocycles. The van der Waals surface area contributed by atoms with E-state index in [4.69, 9.17) is 5.73 Å². The zero-order valence-corrected chi connectivity index (χ0v) is 13.1. The third-order valence-corrected chi connectivity index (χ3v) is 4.89. The van der Waals surface area contributed by atoms with Crippen LogP contribution in [0.25, 0.3) is 0 Å². The van der Waals surface area contributed by atoms with E-state index in [0.717, 1.165) is 5.56 Å². The summed E-state index contributed by atoms with van der Waals surface area (Å²) in [5.41, 5.74) is 6.77. The predicted molar refractivity (Wildman–Crippen MR) is 80.1 cm³/mol. The van der Waals surface area contributed by atoms with Gasteiger partial charge in [-0.25, -0.2) is 8.42 Å². The molecule has 0 aliphatic carbocycles. The molecule has 0 aromatic heterocycles. The highest BCUT2D eigenvalue weighted by Gasteiger charge is 2.23. The Bertz CT molecular complexity index is 594. The van der Waals surface area contributed by atoms with Crippen LogP contribution in [0.4, 0.5) is 5.69 Å². The van der Waals surface area contributed by atoms with Crippen LogP contribution in [0.15, 0.2) is 23.1 Å². The van der Waals surface area contributed by atoms with Gasteiger partial charge < -0.3 is 11.1 Å². The van der Waals surface area contributed by atoms with E-state index in [1.807, 2.05) is 27.7 Å². The van der Waals surface area contributed by atoms with Gasteiger partial charge in [0, 0.05) is 6.04 Å². The summed E-state index contributed by atoms with van der Waals surface area (Å²) in [7, 11) is -3.72. The van der Waals surface area contributed by atoms with Crippen molar-refractivity contribution in [3.05, 3.63) is 23.8 Å². The molecule has 1 unspecified atom stereocenters. The van der Waals surface area contributed by atoms with Crippen molar-refractivity contribution in [2.24, 2.45) is 5.92 Å². The van der Waals surface area contributed by atoms with Crippen LogP contribution in [0.5, 0.6) is 0 Å². The summed E-state index contributed by atoms with van der Waals surface area (Å²) in [5.74, 6) is -0.852. The molecule has 1 aromatic rings. The van der Waals surface area contributed by atoms with E-state index in [0.29, 0.717) is 0 Å². The van der Waals surface area contributed by atoms with Gasteiger partial charge in [-0.15, -0.1) is 0 Å². The van der Waals surface area contributed by atoms with Crippen molar-refractivity contribution in [2.75, 3.05) is 11.5 Å². The number of hydrogen-bond donors (Lipinski definition) is 2. The van der Waals surface area contributed by atoms with E-state index in [1.54, 1.807) is 12.1 Å². The minimum absolute atomic E-state index is 0.00968. The molecule has 0 fully saturated rings. The molecule has 1 aromatic carbocycles. The fourth-order valence-corrected chi connectivity index (χ4v) is 2.94. The molecule has 3 N–H and O–H groups in total. The molecule has 5 nitrogen and oxygen atoms in total. The van der Waals surface area contributed by atoms with E-state index in [2.05, 4.69) is 5.32 Å². The molecule has 112 valence electrons. The molecule has 0 aliphatic rings. The van der Waals surface area contributed by atoms with Crippen LogP contribution in [0.1, 0.15) is 26.3 Å². The second-order valence-electron chi connectivity index (χ2n) is 5.40. The second kappa shape index (κ2) is 6.26. The van der Waals surface area contributed by atoms with Crippen LogP contribution in [-0.4, -0.2) is 26.1 Å². The lowest BCUT2D eigenvalue weighted by atomic mass is 10.1. The van der Waals surface area contributed by atoms with Gasteiger partial charge in [-0.1, -0.05) is 19.9 Å². The van der Waals surface area contributed by atoms with Crippen LogP contribution in [0.3, 0.4) is 0 Å². The Morgan fingerprint density at radius 1 is 1.30 bits per heavy atom. The summed E-state index contributed by atoms with van der Waals surface area (Å²) in [5, 5.41) is 2.68. The SMILES string of the molecule is Cc1ccc(S(=O)(=O)CC(=O)NC(C)C(C)C)c(N)c1. The summed E-state index contributed by atoms with van der Waals surface area (Å²) in [6.45, 7) is 7.58. The normalized spacial score (nSPS) is 13.2. The lowest BCUT2D eigenvalue weighted by Crippen LogP contribution is -2.39. The van der Waals surface area contributed by atoms with Crippen molar-refractivity contribution in [3.8, 4) is 0 Å². The first kappa shape index (κ1) is 16.5. The highest BCUT2D eigenvalue weighted by molar-refractivity contribution is 7.92. The van der Waals surface area contributed by atoms with Gasteiger partial charge in [0.05, 0.1) is 10.6 Å². The summed E-state index contributed by atoms with van der Waals surface area (Å²) in [6.07, 6.45) is 0. The van der Waals surface area contributed by atoms with Crippen LogP contribution in [0.2, 0.25) is 0 Å². The first-order valence-electron chi connectivity index (χ1n) is 6.51. The van der Waals surface area contributed by atoms with Gasteiger partial charge in [0.2, 0.25) is 5.91 Å². The Balaban J connectivity index is 2.87. The molecule has 1 amide bonds. The Hall–Kier alpha value is -1.56. The van der Waals surface area contributed by atoms with Crippen LogP contribution >= 0.6 is 0 Å². The van der Waals surface area contributed by atoms with E-state index in [9.17, 15) is 13.2 Å². The number of sulfone groups is 1. The molecule has 0 bridgehead atoms. The Morgan fingerprint density at radius 3 is 2.40 bits per heavy atom. The molecular formula is C14H22N2O3S. The minimum Gasteiger partial charge on any atom is -0.398 e. The summed E-state index contributed by atoms with van der Waals surface area (Å²) < 4.78 is 24.4. The smallest absolute Gasteiger partial charge is 0.235 e. The van der Waals surface area contributed by atoms with Crippen LogP contribution in [-0.2, 0) is 14.6 Å². The van der Waals surface area contributed by atoms with Gasteiger partial charge in [-0.05, 0) is 37.5 Å². The van der Waals surface area contributed by atoms with Gasteiger partial charge in [0.25, 0.3) is 0 Å². The van der Waals surface area contributed by atoms with Crippen molar-refractivity contribution >= 4 is 21.4 Å². The number of hydrogen-bond acceptors (Lipinski definition) is 4. The molecule has 1 atom stereocenters. The zero-order valence-electron chi connectivity index (χ0n) is 12.3. The Morgan fingerprint density at radius 2 is 1.90 bits per heavy atom. The Kier molecular flexibility index (Phi) is 5.16. The van der Waals surface area contributed by atoms with Gasteiger partial charge in [0.15, 0.2) is 9.84 Å². The summed E-state index contributed by atoms with van der Waals surface area (Å²) >= 11 is 0. The number of carbonyl (C=O) groups excluding carboxylic acids is 1. The maximum absolute atomic E-state index is 12.2. The fourth-order valence-electron chi connectivity index (χ4n) is 1.66. The van der Waals surface area contributed by atoms with Gasteiger partial charge in [-0.3, -0.25) is 4.79 Å². The zero-order chi connectivity index (χ0) is 15.5. The third kappa shape index (κ3) is 4.23. The van der Waals surface area contributed by atoms with E-state index in [1.165, 1.54) is 6.07 Å². The number of nitrogens with one attached hydrogen (secondary N) is 1. The molecule has 0 radical (unpaired) electrons. The Labute approximate surface area is 120 Å². The second-order valence-corrected chi connectivity index (χ2v) is 7.36. The highest BCUT2D eigenvalue weighted by atomic mass is 32.2. The van der Waals surface area contributed by atoms with Crippen molar-refractivity contribution in [3.63, 3.8) is 0 Å². The number of aryl methyl sites for hydroxylation is 1. The molecule has 0 saturated carbocycles. The van der Waals surface area contributed by atoms with Gasteiger partial charge in [0.1, 0.15) is 5.75 Å². The van der Waals surface area contributed by atoms with Crippen LogP contribution < -0.4 is 11.1 Å². The van der Waals surface area contributed by atoms with Crippen molar-refractivity contribution < 1.29 is 13.2 Å². The number of amides is 1. The summed E-state index contributed by atoms with van der Waals surface area (Å²) in [6, 6.07) is 4.62. The highest BCUT2D eigenvalue weighted by Crippen LogP contribution is 2.20. The molecule has 20 heavy (non-hydrogen) atoms. The van der Waals surface area contributed by atoms with Crippen molar-refractivity contribution in [2.45, 2.75) is 38.6 Å². The first-order chi connectivity index (χ1) is 9.13.